The lowest BCUT2D eigenvalue weighted by molar-refractivity contribution is 0.663. The van der Waals surface area contributed by atoms with Crippen molar-refractivity contribution < 1.29 is 0 Å². The zero-order valence-corrected chi connectivity index (χ0v) is 10.9. The smallest absolute Gasteiger partial charge is 0.160 e. The van der Waals surface area contributed by atoms with E-state index < -0.39 is 0 Å². The number of hydrogen-bond acceptors (Lipinski definition) is 3. The number of imidazole rings is 1. The number of nitrogens with zero attached hydrogens (tertiary/aromatic N) is 3. The maximum Gasteiger partial charge on any atom is 0.160 e. The third kappa shape index (κ3) is 2.10. The molecule has 5 heteroatoms. The highest BCUT2D eigenvalue weighted by atomic mass is 79.9. The molecule has 0 aromatic carbocycles. The molecule has 2 N–H and O–H groups in total. The Hall–Kier alpha value is -0.940. The van der Waals surface area contributed by atoms with Crippen LogP contribution in [0.15, 0.2) is 16.7 Å². The fourth-order valence-corrected chi connectivity index (χ4v) is 2.13. The van der Waals surface area contributed by atoms with Crippen LogP contribution in [0, 0.1) is 0 Å². The van der Waals surface area contributed by atoms with Gasteiger partial charge in [-0.05, 0) is 28.4 Å². The van der Waals surface area contributed by atoms with E-state index >= 15 is 0 Å². The van der Waals surface area contributed by atoms with E-state index in [1.165, 1.54) is 0 Å². The first-order chi connectivity index (χ1) is 7.76. The summed E-state index contributed by atoms with van der Waals surface area (Å²) in [6.07, 6.45) is 3.84. The molecule has 0 radical (unpaired) electrons. The maximum atomic E-state index is 5.62. The van der Waals surface area contributed by atoms with Crippen molar-refractivity contribution in [3.05, 3.63) is 22.6 Å². The number of hydrogen-bond donors (Lipinski definition) is 1. The molecule has 0 fully saturated rings. The Morgan fingerprint density at radius 2 is 2.31 bits per heavy atom. The predicted octanol–water partition coefficient (Wildman–Crippen LogP) is 2.10. The van der Waals surface area contributed by atoms with Gasteiger partial charge in [0.2, 0.25) is 0 Å². The predicted molar refractivity (Wildman–Crippen MR) is 68.3 cm³/mol. The van der Waals surface area contributed by atoms with Crippen LogP contribution in [0.1, 0.15) is 19.2 Å². The van der Waals surface area contributed by atoms with E-state index in [-0.39, 0.29) is 0 Å². The van der Waals surface area contributed by atoms with E-state index in [0.29, 0.717) is 6.54 Å². The lowest BCUT2D eigenvalue weighted by atomic mass is 10.3. The van der Waals surface area contributed by atoms with Crippen LogP contribution < -0.4 is 5.73 Å². The van der Waals surface area contributed by atoms with Crippen molar-refractivity contribution in [2.24, 2.45) is 5.73 Å². The minimum Gasteiger partial charge on any atom is -0.329 e. The van der Waals surface area contributed by atoms with Gasteiger partial charge in [0.25, 0.3) is 0 Å². The first kappa shape index (κ1) is 11.5. The summed E-state index contributed by atoms with van der Waals surface area (Å²) in [5, 5.41) is 0. The number of aryl methyl sites for hydroxylation is 1. The van der Waals surface area contributed by atoms with E-state index in [0.717, 1.165) is 40.8 Å². The van der Waals surface area contributed by atoms with Crippen LogP contribution in [0.25, 0.3) is 11.2 Å². The van der Waals surface area contributed by atoms with Crippen molar-refractivity contribution in [3.63, 3.8) is 0 Å². The van der Waals surface area contributed by atoms with E-state index in [9.17, 15) is 0 Å². The summed E-state index contributed by atoms with van der Waals surface area (Å²) in [4.78, 5) is 9.00. The Bertz CT molecular complexity index is 492. The number of rotatable bonds is 4. The molecule has 0 saturated carbocycles. The molecular formula is C11H15BrN4. The van der Waals surface area contributed by atoms with E-state index in [2.05, 4.69) is 37.4 Å². The van der Waals surface area contributed by atoms with Gasteiger partial charge >= 0.3 is 0 Å². The number of halogens is 1. The van der Waals surface area contributed by atoms with Crippen molar-refractivity contribution in [2.75, 3.05) is 6.54 Å². The Balaban J connectivity index is 2.56. The van der Waals surface area contributed by atoms with Crippen molar-refractivity contribution >= 4 is 27.1 Å². The third-order valence-electron chi connectivity index (χ3n) is 2.46. The van der Waals surface area contributed by atoms with Gasteiger partial charge in [-0.2, -0.15) is 0 Å². The van der Waals surface area contributed by atoms with Crippen LogP contribution in [-0.2, 0) is 13.0 Å². The van der Waals surface area contributed by atoms with Crippen LogP contribution in [0.5, 0.6) is 0 Å². The Morgan fingerprint density at radius 1 is 1.50 bits per heavy atom. The van der Waals surface area contributed by atoms with Gasteiger partial charge in [0.15, 0.2) is 5.65 Å². The Morgan fingerprint density at radius 3 is 3.00 bits per heavy atom. The average molecular weight is 283 g/mol. The van der Waals surface area contributed by atoms with Crippen molar-refractivity contribution in [1.82, 2.24) is 14.5 Å². The summed E-state index contributed by atoms with van der Waals surface area (Å²) < 4.78 is 3.08. The second-order valence-corrected chi connectivity index (χ2v) is 4.63. The zero-order chi connectivity index (χ0) is 11.5. The van der Waals surface area contributed by atoms with Crippen molar-refractivity contribution in [1.29, 1.82) is 0 Å². The molecule has 0 atom stereocenters. The molecule has 0 amide bonds. The first-order valence-electron chi connectivity index (χ1n) is 5.47. The molecule has 4 nitrogen and oxygen atoms in total. The van der Waals surface area contributed by atoms with Crippen LogP contribution in [0.4, 0.5) is 0 Å². The molecule has 86 valence electrons. The SMILES string of the molecule is CCCc1nc2cc(Br)cnc2n1CCN. The quantitative estimate of drug-likeness (QED) is 0.935. The number of nitrogens with two attached hydrogens (primary N) is 1. The molecule has 0 aliphatic rings. The van der Waals surface area contributed by atoms with E-state index in [1.807, 2.05) is 6.07 Å². The molecule has 0 saturated heterocycles. The van der Waals surface area contributed by atoms with Crippen LogP contribution in [0.2, 0.25) is 0 Å². The Labute approximate surface area is 103 Å². The number of aromatic nitrogens is 3. The molecule has 0 unspecified atom stereocenters. The minimum atomic E-state index is 0.611. The largest absolute Gasteiger partial charge is 0.329 e. The summed E-state index contributed by atoms with van der Waals surface area (Å²) >= 11 is 3.41. The van der Waals surface area contributed by atoms with Gasteiger partial charge in [-0.1, -0.05) is 6.92 Å². The minimum absolute atomic E-state index is 0.611. The van der Waals surface area contributed by atoms with Crippen LogP contribution in [0.3, 0.4) is 0 Å². The summed E-state index contributed by atoms with van der Waals surface area (Å²) in [5.41, 5.74) is 7.48. The van der Waals surface area contributed by atoms with Gasteiger partial charge in [-0.25, -0.2) is 9.97 Å². The standard InChI is InChI=1S/C11H15BrN4/c1-2-3-10-15-9-6-8(12)7-14-11(9)16(10)5-4-13/h6-7H,2-5,13H2,1H3. The van der Waals surface area contributed by atoms with Crippen molar-refractivity contribution in [3.8, 4) is 0 Å². The van der Waals surface area contributed by atoms with Gasteiger partial charge in [-0.3, -0.25) is 0 Å². The topological polar surface area (TPSA) is 56.7 Å². The lowest BCUT2D eigenvalue weighted by Gasteiger charge is -2.05. The number of pyridine rings is 1. The fraction of sp³-hybridized carbons (Fsp3) is 0.455. The van der Waals surface area contributed by atoms with Gasteiger partial charge in [-0.15, -0.1) is 0 Å². The number of fused-ring (bicyclic) bond motifs is 1. The molecular weight excluding hydrogens is 268 g/mol. The summed E-state index contributed by atoms with van der Waals surface area (Å²) in [6.45, 7) is 3.54. The molecule has 2 rings (SSSR count). The molecule has 2 aromatic rings. The molecule has 0 aliphatic heterocycles. The highest BCUT2D eigenvalue weighted by Crippen LogP contribution is 2.19. The van der Waals surface area contributed by atoms with Crippen molar-refractivity contribution in [2.45, 2.75) is 26.3 Å². The second kappa shape index (κ2) is 4.93. The molecule has 0 bridgehead atoms. The van der Waals surface area contributed by atoms with E-state index in [1.54, 1.807) is 6.20 Å². The highest BCUT2D eigenvalue weighted by molar-refractivity contribution is 9.10. The third-order valence-corrected chi connectivity index (χ3v) is 2.89. The zero-order valence-electron chi connectivity index (χ0n) is 9.28. The van der Waals surface area contributed by atoms with Gasteiger partial charge < -0.3 is 10.3 Å². The lowest BCUT2D eigenvalue weighted by Crippen LogP contribution is -2.13. The Kier molecular flexibility index (Phi) is 3.56. The van der Waals surface area contributed by atoms with E-state index in [4.69, 9.17) is 5.73 Å². The first-order valence-corrected chi connectivity index (χ1v) is 6.26. The molecule has 0 spiro atoms. The highest BCUT2D eigenvalue weighted by Gasteiger charge is 2.10. The average Bonchev–Trinajstić information content (AvgIpc) is 2.57. The second-order valence-electron chi connectivity index (χ2n) is 3.71. The summed E-state index contributed by atoms with van der Waals surface area (Å²) in [5.74, 6) is 1.08. The monoisotopic (exact) mass is 282 g/mol. The molecule has 0 aliphatic carbocycles. The molecule has 16 heavy (non-hydrogen) atoms. The van der Waals surface area contributed by atoms with Gasteiger partial charge in [0, 0.05) is 30.2 Å². The summed E-state index contributed by atoms with van der Waals surface area (Å²) in [6, 6.07) is 1.99. The maximum absolute atomic E-state index is 5.62. The van der Waals surface area contributed by atoms with Crippen LogP contribution in [-0.4, -0.2) is 21.1 Å². The normalized spacial score (nSPS) is 11.2. The van der Waals surface area contributed by atoms with Gasteiger partial charge in [0.05, 0.1) is 0 Å². The van der Waals surface area contributed by atoms with Crippen LogP contribution >= 0.6 is 15.9 Å². The molecule has 2 heterocycles. The molecule has 2 aromatic heterocycles. The fourth-order valence-electron chi connectivity index (χ4n) is 1.81. The summed E-state index contributed by atoms with van der Waals surface area (Å²) in [7, 11) is 0. The van der Waals surface area contributed by atoms with Gasteiger partial charge in [0.1, 0.15) is 11.3 Å².